The molecular weight excluding hydrogens is 242 g/mol. The lowest BCUT2D eigenvalue weighted by Crippen LogP contribution is -2.27. The second kappa shape index (κ2) is 5.29. The fraction of sp³-hybridized carbons (Fsp3) is 0.600. The van der Waals surface area contributed by atoms with Crippen LogP contribution >= 0.6 is 0 Å². The second-order valence-electron chi connectivity index (χ2n) is 5.42. The predicted octanol–water partition coefficient (Wildman–Crippen LogP) is 2.35. The molecule has 1 saturated carbocycles. The summed E-state index contributed by atoms with van der Waals surface area (Å²) in [6.07, 6.45) is 5.42. The lowest BCUT2D eigenvalue weighted by molar-refractivity contribution is 0.183. The van der Waals surface area contributed by atoms with Gasteiger partial charge in [-0.2, -0.15) is 0 Å². The van der Waals surface area contributed by atoms with Crippen molar-refractivity contribution in [3.63, 3.8) is 0 Å². The van der Waals surface area contributed by atoms with E-state index >= 15 is 0 Å². The van der Waals surface area contributed by atoms with E-state index in [0.29, 0.717) is 19.1 Å². The number of aliphatic hydroxyl groups is 1. The second-order valence-corrected chi connectivity index (χ2v) is 5.42. The highest BCUT2D eigenvalue weighted by molar-refractivity contribution is 5.62. The van der Waals surface area contributed by atoms with E-state index in [0.717, 1.165) is 35.6 Å². The van der Waals surface area contributed by atoms with E-state index in [1.165, 1.54) is 12.8 Å². The van der Waals surface area contributed by atoms with Gasteiger partial charge in [0, 0.05) is 24.7 Å². The standard InChI is InChI=1S/C15H21NO3/c1-18-14-8-13-10(6-11(17)9-16-13)7-15(14)19-12-4-2-3-5-12/h7-8,11-12,16-17H,2-6,9H2,1H3/t11-/m1/s1. The first-order valence-electron chi connectivity index (χ1n) is 7.06. The number of rotatable bonds is 3. The molecular formula is C15H21NO3. The predicted molar refractivity (Wildman–Crippen MR) is 74.1 cm³/mol. The Hall–Kier alpha value is -1.42. The van der Waals surface area contributed by atoms with Crippen LogP contribution in [-0.2, 0) is 6.42 Å². The zero-order valence-electron chi connectivity index (χ0n) is 11.3. The minimum absolute atomic E-state index is 0.313. The molecule has 1 fully saturated rings. The molecule has 0 radical (unpaired) electrons. The minimum Gasteiger partial charge on any atom is -0.493 e. The average Bonchev–Trinajstić information content (AvgIpc) is 2.91. The summed E-state index contributed by atoms with van der Waals surface area (Å²) in [7, 11) is 1.67. The highest BCUT2D eigenvalue weighted by Crippen LogP contribution is 2.37. The van der Waals surface area contributed by atoms with Crippen LogP contribution in [0.4, 0.5) is 5.69 Å². The summed E-state index contributed by atoms with van der Waals surface area (Å²) in [5, 5.41) is 12.9. The van der Waals surface area contributed by atoms with Crippen LogP contribution in [0.3, 0.4) is 0 Å². The molecule has 0 aromatic heterocycles. The van der Waals surface area contributed by atoms with Gasteiger partial charge in [-0.05, 0) is 37.3 Å². The van der Waals surface area contributed by atoms with Gasteiger partial charge < -0.3 is 19.9 Å². The Bertz CT molecular complexity index is 455. The van der Waals surface area contributed by atoms with Crippen LogP contribution in [0, 0.1) is 0 Å². The van der Waals surface area contributed by atoms with Gasteiger partial charge in [0.1, 0.15) is 0 Å². The fourth-order valence-corrected chi connectivity index (χ4v) is 2.93. The van der Waals surface area contributed by atoms with Gasteiger partial charge in [0.05, 0.1) is 19.3 Å². The van der Waals surface area contributed by atoms with Crippen LogP contribution in [0.1, 0.15) is 31.2 Å². The summed E-state index contributed by atoms with van der Waals surface area (Å²) in [4.78, 5) is 0. The van der Waals surface area contributed by atoms with Gasteiger partial charge in [-0.25, -0.2) is 0 Å². The molecule has 1 heterocycles. The van der Waals surface area contributed by atoms with Crippen LogP contribution in [0.25, 0.3) is 0 Å². The fourth-order valence-electron chi connectivity index (χ4n) is 2.93. The molecule has 0 spiro atoms. The molecule has 0 saturated heterocycles. The van der Waals surface area contributed by atoms with E-state index in [-0.39, 0.29) is 6.10 Å². The summed E-state index contributed by atoms with van der Waals surface area (Å²) >= 11 is 0. The SMILES string of the molecule is COc1cc2c(cc1OC1CCCC1)C[C@@H](O)CN2. The lowest BCUT2D eigenvalue weighted by Gasteiger charge is -2.25. The number of hydrogen-bond acceptors (Lipinski definition) is 4. The molecule has 0 unspecified atom stereocenters. The zero-order valence-corrected chi connectivity index (χ0v) is 11.3. The van der Waals surface area contributed by atoms with Gasteiger partial charge in [0.15, 0.2) is 11.5 Å². The van der Waals surface area contributed by atoms with Gasteiger partial charge in [0.25, 0.3) is 0 Å². The van der Waals surface area contributed by atoms with E-state index < -0.39 is 0 Å². The van der Waals surface area contributed by atoms with E-state index in [9.17, 15) is 5.11 Å². The first-order chi connectivity index (χ1) is 9.26. The first kappa shape index (κ1) is 12.6. The van der Waals surface area contributed by atoms with Gasteiger partial charge in [-0.1, -0.05) is 0 Å². The summed E-state index contributed by atoms with van der Waals surface area (Å²) in [6, 6.07) is 3.99. The number of hydrogen-bond donors (Lipinski definition) is 2. The number of benzene rings is 1. The van der Waals surface area contributed by atoms with E-state index in [4.69, 9.17) is 9.47 Å². The van der Waals surface area contributed by atoms with Crippen LogP contribution in [0.2, 0.25) is 0 Å². The Morgan fingerprint density at radius 2 is 2.00 bits per heavy atom. The van der Waals surface area contributed by atoms with Crippen molar-refractivity contribution >= 4 is 5.69 Å². The van der Waals surface area contributed by atoms with Crippen molar-refractivity contribution < 1.29 is 14.6 Å². The van der Waals surface area contributed by atoms with Crippen molar-refractivity contribution in [2.75, 3.05) is 19.0 Å². The molecule has 1 aromatic carbocycles. The lowest BCUT2D eigenvalue weighted by atomic mass is 10.0. The number of ether oxygens (including phenoxy) is 2. The molecule has 0 bridgehead atoms. The Morgan fingerprint density at radius 3 is 2.74 bits per heavy atom. The van der Waals surface area contributed by atoms with E-state index in [1.807, 2.05) is 12.1 Å². The summed E-state index contributed by atoms with van der Waals surface area (Å²) in [5.74, 6) is 1.58. The third-order valence-electron chi connectivity index (χ3n) is 3.97. The van der Waals surface area contributed by atoms with Crippen molar-refractivity contribution in [3.05, 3.63) is 17.7 Å². The summed E-state index contributed by atoms with van der Waals surface area (Å²) < 4.78 is 11.5. The molecule has 3 rings (SSSR count). The largest absolute Gasteiger partial charge is 0.493 e. The number of fused-ring (bicyclic) bond motifs is 1. The van der Waals surface area contributed by atoms with Crippen LogP contribution in [-0.4, -0.2) is 31.0 Å². The van der Waals surface area contributed by atoms with Crippen molar-refractivity contribution in [3.8, 4) is 11.5 Å². The van der Waals surface area contributed by atoms with Crippen LogP contribution in [0.15, 0.2) is 12.1 Å². The Morgan fingerprint density at radius 1 is 1.21 bits per heavy atom. The van der Waals surface area contributed by atoms with E-state index in [2.05, 4.69) is 5.32 Å². The third kappa shape index (κ3) is 2.63. The topological polar surface area (TPSA) is 50.7 Å². The molecule has 2 N–H and O–H groups in total. The Labute approximate surface area is 113 Å². The molecule has 19 heavy (non-hydrogen) atoms. The van der Waals surface area contributed by atoms with Crippen LogP contribution < -0.4 is 14.8 Å². The summed E-state index contributed by atoms with van der Waals surface area (Å²) in [6.45, 7) is 0.596. The maximum atomic E-state index is 9.72. The van der Waals surface area contributed by atoms with Gasteiger partial charge in [0.2, 0.25) is 0 Å². The van der Waals surface area contributed by atoms with Crippen molar-refractivity contribution in [2.45, 2.75) is 44.3 Å². The van der Waals surface area contributed by atoms with Gasteiger partial charge >= 0.3 is 0 Å². The first-order valence-corrected chi connectivity index (χ1v) is 7.06. The quantitative estimate of drug-likeness (QED) is 0.879. The van der Waals surface area contributed by atoms with Crippen molar-refractivity contribution in [2.24, 2.45) is 0 Å². The number of methoxy groups -OCH3 is 1. The highest BCUT2D eigenvalue weighted by atomic mass is 16.5. The van der Waals surface area contributed by atoms with Crippen molar-refractivity contribution in [1.82, 2.24) is 0 Å². The average molecular weight is 263 g/mol. The van der Waals surface area contributed by atoms with E-state index in [1.54, 1.807) is 7.11 Å². The maximum Gasteiger partial charge on any atom is 0.162 e. The summed E-state index contributed by atoms with van der Waals surface area (Å²) in [5.41, 5.74) is 2.15. The third-order valence-corrected chi connectivity index (χ3v) is 3.97. The number of anilines is 1. The number of β-amino-alcohol motifs (C(OH)–C–C–N with tert-alkyl or cyclic N) is 1. The zero-order chi connectivity index (χ0) is 13.2. The molecule has 104 valence electrons. The Balaban J connectivity index is 1.86. The molecule has 1 aliphatic heterocycles. The Kier molecular flexibility index (Phi) is 3.51. The highest BCUT2D eigenvalue weighted by Gasteiger charge is 2.22. The van der Waals surface area contributed by atoms with Crippen molar-refractivity contribution in [1.29, 1.82) is 0 Å². The monoisotopic (exact) mass is 263 g/mol. The normalized spacial score (nSPS) is 22.7. The molecule has 1 aromatic rings. The van der Waals surface area contributed by atoms with Gasteiger partial charge in [-0.3, -0.25) is 0 Å². The maximum absolute atomic E-state index is 9.72. The number of nitrogens with one attached hydrogen (secondary N) is 1. The van der Waals surface area contributed by atoms with Gasteiger partial charge in [-0.15, -0.1) is 0 Å². The molecule has 2 aliphatic rings. The molecule has 0 amide bonds. The molecule has 4 nitrogen and oxygen atoms in total. The molecule has 4 heteroatoms. The smallest absolute Gasteiger partial charge is 0.162 e. The number of aliphatic hydroxyl groups excluding tert-OH is 1. The van der Waals surface area contributed by atoms with Crippen LogP contribution in [0.5, 0.6) is 11.5 Å². The molecule has 1 aliphatic carbocycles. The molecule has 1 atom stereocenters. The minimum atomic E-state index is -0.319.